The minimum atomic E-state index is 0.472. The van der Waals surface area contributed by atoms with Crippen LogP contribution in [0.4, 0.5) is 0 Å². The van der Waals surface area contributed by atoms with Gasteiger partial charge in [0.1, 0.15) is 5.78 Å². The van der Waals surface area contributed by atoms with E-state index in [-0.39, 0.29) is 0 Å². The van der Waals surface area contributed by atoms with Gasteiger partial charge in [-0.05, 0) is 97.2 Å². The molecule has 0 heterocycles. The van der Waals surface area contributed by atoms with E-state index < -0.39 is 0 Å². The molecule has 8 atom stereocenters. The van der Waals surface area contributed by atoms with Crippen molar-refractivity contribution in [3.05, 3.63) is 0 Å². The highest BCUT2D eigenvalue weighted by atomic mass is 16.1. The lowest BCUT2D eigenvalue weighted by Gasteiger charge is -2.60. The van der Waals surface area contributed by atoms with Crippen LogP contribution in [-0.4, -0.2) is 5.78 Å². The summed E-state index contributed by atoms with van der Waals surface area (Å²) in [5, 5.41) is 0. The van der Waals surface area contributed by atoms with Crippen molar-refractivity contribution in [2.24, 2.45) is 52.3 Å². The van der Waals surface area contributed by atoms with Gasteiger partial charge in [0.2, 0.25) is 0 Å². The molecule has 0 aromatic carbocycles. The highest BCUT2D eigenvalue weighted by molar-refractivity contribution is 5.79. The van der Waals surface area contributed by atoms with Gasteiger partial charge in [-0.1, -0.05) is 47.5 Å². The Morgan fingerprint density at radius 2 is 1.63 bits per heavy atom. The van der Waals surface area contributed by atoms with Crippen LogP contribution in [-0.2, 0) is 4.79 Å². The maximum Gasteiger partial charge on any atom is 0.133 e. The molecule has 4 rings (SSSR count). The topological polar surface area (TPSA) is 17.1 Å². The molecule has 0 saturated heterocycles. The number of carbonyl (C=O) groups excluding carboxylic acids is 1. The number of carbonyl (C=O) groups is 1. The van der Waals surface area contributed by atoms with Crippen LogP contribution in [0.15, 0.2) is 0 Å². The van der Waals surface area contributed by atoms with Gasteiger partial charge in [-0.3, -0.25) is 4.79 Å². The molecule has 1 nitrogen and oxygen atoms in total. The summed E-state index contributed by atoms with van der Waals surface area (Å²) in [5.74, 6) is 6.80. The van der Waals surface area contributed by atoms with Crippen LogP contribution >= 0.6 is 0 Å². The quantitative estimate of drug-likeness (QED) is 0.506. The van der Waals surface area contributed by atoms with Gasteiger partial charge in [0.15, 0.2) is 0 Å². The number of Topliss-reactive ketones (excluding diaryl/α,β-unsaturated/α-hetero) is 1. The Hall–Kier alpha value is -0.330. The normalized spacial score (nSPS) is 48.1. The summed E-state index contributed by atoms with van der Waals surface area (Å²) in [6, 6.07) is 0. The van der Waals surface area contributed by atoms with Gasteiger partial charge in [-0.25, -0.2) is 0 Å². The molecular weight excluding hydrogens is 328 g/mol. The maximum atomic E-state index is 12.1. The minimum absolute atomic E-state index is 0.472. The summed E-state index contributed by atoms with van der Waals surface area (Å²) in [7, 11) is 0. The molecule has 0 amide bonds. The average Bonchev–Trinajstić information content (AvgIpc) is 2.97. The molecule has 4 saturated carbocycles. The van der Waals surface area contributed by atoms with Crippen molar-refractivity contribution in [3.8, 4) is 0 Å². The molecular formula is C26H44O. The molecule has 0 radical (unpaired) electrons. The molecule has 4 aliphatic carbocycles. The SMILES string of the molecule is CC(C)CCC(C)C1CCC2C3CC[C@H]4CC(=O)CC[C@]4(C)C3CC[C@]12C. The summed E-state index contributed by atoms with van der Waals surface area (Å²) >= 11 is 0. The molecule has 0 spiro atoms. The summed E-state index contributed by atoms with van der Waals surface area (Å²) in [6.07, 6.45) is 14.4. The zero-order valence-electron chi connectivity index (χ0n) is 18.7. The van der Waals surface area contributed by atoms with E-state index in [0.29, 0.717) is 22.5 Å². The van der Waals surface area contributed by atoms with E-state index in [1.54, 1.807) is 0 Å². The second-order valence-corrected chi connectivity index (χ2v) is 12.1. The average molecular weight is 373 g/mol. The first-order valence-electron chi connectivity index (χ1n) is 12.3. The van der Waals surface area contributed by atoms with Crippen molar-refractivity contribution in [3.63, 3.8) is 0 Å². The molecule has 0 N–H and O–H groups in total. The van der Waals surface area contributed by atoms with Gasteiger partial charge in [-0.15, -0.1) is 0 Å². The second-order valence-electron chi connectivity index (χ2n) is 12.1. The summed E-state index contributed by atoms with van der Waals surface area (Å²) < 4.78 is 0. The Balaban J connectivity index is 1.51. The molecule has 4 aliphatic rings. The van der Waals surface area contributed by atoms with E-state index in [4.69, 9.17) is 0 Å². The predicted molar refractivity (Wildman–Crippen MR) is 113 cm³/mol. The van der Waals surface area contributed by atoms with Gasteiger partial charge >= 0.3 is 0 Å². The molecule has 27 heavy (non-hydrogen) atoms. The highest BCUT2D eigenvalue weighted by Gasteiger charge is 2.60. The summed E-state index contributed by atoms with van der Waals surface area (Å²) in [5.41, 5.74) is 1.07. The smallest absolute Gasteiger partial charge is 0.133 e. The molecule has 5 unspecified atom stereocenters. The van der Waals surface area contributed by atoms with Crippen molar-refractivity contribution in [2.75, 3.05) is 0 Å². The molecule has 0 bridgehead atoms. The standard InChI is InChI=1S/C26H44O/c1-17(2)6-7-18(3)22-10-11-23-21-9-8-19-16-20(27)12-14-25(19,4)24(21)13-15-26(22,23)5/h17-19,21-24H,6-16H2,1-5H3/t18?,19-,21?,22?,23?,24?,25-,26+/m0/s1. The third-order valence-electron chi connectivity index (χ3n) is 10.4. The van der Waals surface area contributed by atoms with Crippen LogP contribution in [0.5, 0.6) is 0 Å². The maximum absolute atomic E-state index is 12.1. The number of fused-ring (bicyclic) bond motifs is 5. The zero-order chi connectivity index (χ0) is 19.4. The lowest BCUT2D eigenvalue weighted by Crippen LogP contribution is -2.53. The Morgan fingerprint density at radius 1 is 0.889 bits per heavy atom. The molecule has 0 aromatic heterocycles. The van der Waals surface area contributed by atoms with E-state index in [1.807, 2.05) is 0 Å². The third kappa shape index (κ3) is 3.24. The van der Waals surface area contributed by atoms with Crippen LogP contribution in [0.2, 0.25) is 0 Å². The van der Waals surface area contributed by atoms with Gasteiger partial charge in [0, 0.05) is 12.8 Å². The van der Waals surface area contributed by atoms with Crippen LogP contribution in [0.25, 0.3) is 0 Å². The van der Waals surface area contributed by atoms with Crippen molar-refractivity contribution in [2.45, 2.75) is 105 Å². The molecule has 154 valence electrons. The Bertz CT molecular complexity index is 565. The van der Waals surface area contributed by atoms with E-state index in [1.165, 1.54) is 57.8 Å². The van der Waals surface area contributed by atoms with Gasteiger partial charge in [0.05, 0.1) is 0 Å². The number of rotatable bonds is 4. The minimum Gasteiger partial charge on any atom is -0.300 e. The summed E-state index contributed by atoms with van der Waals surface area (Å²) in [6.45, 7) is 12.6. The highest BCUT2D eigenvalue weighted by Crippen LogP contribution is 2.68. The lowest BCUT2D eigenvalue weighted by molar-refractivity contribution is -0.140. The second kappa shape index (κ2) is 7.17. The van der Waals surface area contributed by atoms with E-state index in [0.717, 1.165) is 48.3 Å². The fraction of sp³-hybridized carbons (Fsp3) is 0.962. The van der Waals surface area contributed by atoms with Crippen LogP contribution < -0.4 is 0 Å². The van der Waals surface area contributed by atoms with Crippen LogP contribution in [0, 0.1) is 52.3 Å². The van der Waals surface area contributed by atoms with E-state index in [9.17, 15) is 4.79 Å². The van der Waals surface area contributed by atoms with Gasteiger partial charge in [-0.2, -0.15) is 0 Å². The van der Waals surface area contributed by atoms with Gasteiger partial charge < -0.3 is 0 Å². The first-order chi connectivity index (χ1) is 12.8. The van der Waals surface area contributed by atoms with E-state index >= 15 is 0 Å². The fourth-order valence-corrected chi connectivity index (χ4v) is 8.82. The predicted octanol–water partition coefficient (Wildman–Crippen LogP) is 7.29. The Morgan fingerprint density at radius 3 is 2.37 bits per heavy atom. The molecule has 1 heteroatoms. The van der Waals surface area contributed by atoms with Crippen LogP contribution in [0.3, 0.4) is 0 Å². The molecule has 4 fully saturated rings. The number of hydrogen-bond donors (Lipinski definition) is 0. The Labute approximate surface area is 168 Å². The Kier molecular flexibility index (Phi) is 5.30. The number of hydrogen-bond acceptors (Lipinski definition) is 1. The molecule has 0 aliphatic heterocycles. The third-order valence-corrected chi connectivity index (χ3v) is 10.4. The van der Waals surface area contributed by atoms with E-state index in [2.05, 4.69) is 34.6 Å². The zero-order valence-corrected chi connectivity index (χ0v) is 18.7. The number of ketones is 1. The first-order valence-corrected chi connectivity index (χ1v) is 12.3. The van der Waals surface area contributed by atoms with Crippen molar-refractivity contribution >= 4 is 5.78 Å². The fourth-order valence-electron chi connectivity index (χ4n) is 8.82. The monoisotopic (exact) mass is 372 g/mol. The van der Waals surface area contributed by atoms with Gasteiger partial charge in [0.25, 0.3) is 0 Å². The largest absolute Gasteiger partial charge is 0.300 e. The first kappa shape index (κ1) is 20.0. The van der Waals surface area contributed by atoms with Crippen LogP contribution in [0.1, 0.15) is 105 Å². The summed E-state index contributed by atoms with van der Waals surface area (Å²) in [4.78, 5) is 12.1. The van der Waals surface area contributed by atoms with Crippen molar-refractivity contribution in [1.29, 1.82) is 0 Å². The van der Waals surface area contributed by atoms with Crippen molar-refractivity contribution < 1.29 is 4.79 Å². The lowest BCUT2D eigenvalue weighted by atomic mass is 9.44. The molecule has 0 aromatic rings. The van der Waals surface area contributed by atoms with Crippen molar-refractivity contribution in [1.82, 2.24) is 0 Å².